The van der Waals surface area contributed by atoms with Crippen LogP contribution in [-0.4, -0.2) is 38.1 Å². The number of amides is 2. The summed E-state index contributed by atoms with van der Waals surface area (Å²) in [6.45, 7) is 6.92. The highest BCUT2D eigenvalue weighted by molar-refractivity contribution is 6.31. The lowest BCUT2D eigenvalue weighted by molar-refractivity contribution is -0.139. The van der Waals surface area contributed by atoms with Gasteiger partial charge in [-0.05, 0) is 55.7 Å². The Kier molecular flexibility index (Phi) is 8.61. The molecule has 2 aromatic carbocycles. The molecule has 1 unspecified atom stereocenters. The standard InChI is InChI=1S/C24H25ClF3N7O3/c1-11(2)19(20(36)37)34-22-30-13(4)29-21(35-22)33-18-10-15(6-5-12(18)3)32-23(38)31-14-7-8-17(25)16(9-14)24(26,27)28/h5-11,19H,1-4H3,(H,36,37)(H2,31,32,38)(H2,29,30,33,34,35). The Hall–Kier alpha value is -4.13. The Balaban J connectivity index is 1.76. The fraction of sp³-hybridized carbons (Fsp3) is 0.292. The molecular formula is C24H25ClF3N7O3. The van der Waals surface area contributed by atoms with E-state index in [2.05, 4.69) is 36.2 Å². The second-order valence-corrected chi connectivity index (χ2v) is 9.07. The number of carboxylic acids is 1. The third-order valence-electron chi connectivity index (χ3n) is 5.24. The van der Waals surface area contributed by atoms with E-state index in [1.807, 2.05) is 0 Å². The lowest BCUT2D eigenvalue weighted by atomic mass is 10.1. The molecule has 2 amide bonds. The van der Waals surface area contributed by atoms with E-state index in [4.69, 9.17) is 11.6 Å². The van der Waals surface area contributed by atoms with Gasteiger partial charge in [-0.15, -0.1) is 0 Å². The summed E-state index contributed by atoms with van der Waals surface area (Å²) in [4.78, 5) is 36.6. The smallest absolute Gasteiger partial charge is 0.417 e. The fourth-order valence-electron chi connectivity index (χ4n) is 3.32. The predicted molar refractivity (Wildman–Crippen MR) is 138 cm³/mol. The summed E-state index contributed by atoms with van der Waals surface area (Å²) >= 11 is 5.62. The zero-order valence-corrected chi connectivity index (χ0v) is 21.5. The minimum atomic E-state index is -4.67. The first-order valence-corrected chi connectivity index (χ1v) is 11.6. The van der Waals surface area contributed by atoms with E-state index >= 15 is 0 Å². The SMILES string of the molecule is Cc1nc(Nc2cc(NC(=O)Nc3ccc(Cl)c(C(F)(F)F)c3)ccc2C)nc(NC(C(=O)O)C(C)C)n1. The molecule has 0 bridgehead atoms. The normalized spacial score (nSPS) is 12.1. The number of halogens is 4. The van der Waals surface area contributed by atoms with E-state index in [0.717, 1.165) is 17.7 Å². The van der Waals surface area contributed by atoms with E-state index in [0.29, 0.717) is 17.2 Å². The number of carbonyl (C=O) groups excluding carboxylic acids is 1. The third-order valence-corrected chi connectivity index (χ3v) is 5.57. The maximum absolute atomic E-state index is 13.1. The number of nitrogens with one attached hydrogen (secondary N) is 4. The van der Waals surface area contributed by atoms with Crippen LogP contribution in [0.3, 0.4) is 0 Å². The molecule has 0 radical (unpaired) electrons. The molecule has 3 rings (SSSR count). The summed E-state index contributed by atoms with van der Waals surface area (Å²) in [6.07, 6.45) is -4.67. The summed E-state index contributed by atoms with van der Waals surface area (Å²) in [5, 5.41) is 19.7. The van der Waals surface area contributed by atoms with Crippen molar-refractivity contribution in [1.29, 1.82) is 0 Å². The summed E-state index contributed by atoms with van der Waals surface area (Å²) in [5.74, 6) is -0.726. The Morgan fingerprint density at radius 3 is 2.16 bits per heavy atom. The van der Waals surface area contributed by atoms with Crippen LogP contribution in [0.4, 0.5) is 46.9 Å². The van der Waals surface area contributed by atoms with Gasteiger partial charge in [0.15, 0.2) is 0 Å². The van der Waals surface area contributed by atoms with Gasteiger partial charge in [0, 0.05) is 17.1 Å². The number of alkyl halides is 3. The third kappa shape index (κ3) is 7.44. The van der Waals surface area contributed by atoms with E-state index in [9.17, 15) is 27.9 Å². The fourth-order valence-corrected chi connectivity index (χ4v) is 3.55. The number of carbonyl (C=O) groups is 2. The highest BCUT2D eigenvalue weighted by atomic mass is 35.5. The van der Waals surface area contributed by atoms with E-state index in [1.165, 1.54) is 6.07 Å². The van der Waals surface area contributed by atoms with Crippen LogP contribution in [-0.2, 0) is 11.0 Å². The average molecular weight is 552 g/mol. The van der Waals surface area contributed by atoms with Gasteiger partial charge in [0.25, 0.3) is 0 Å². The van der Waals surface area contributed by atoms with Gasteiger partial charge in [-0.25, -0.2) is 9.59 Å². The maximum Gasteiger partial charge on any atom is 0.417 e. The predicted octanol–water partition coefficient (Wildman–Crippen LogP) is 6.07. The first kappa shape index (κ1) is 28.4. The number of aryl methyl sites for hydroxylation is 2. The molecule has 0 fully saturated rings. The second-order valence-electron chi connectivity index (χ2n) is 8.66. The van der Waals surface area contributed by atoms with Crippen molar-refractivity contribution in [1.82, 2.24) is 15.0 Å². The molecule has 0 spiro atoms. The molecule has 14 heteroatoms. The highest BCUT2D eigenvalue weighted by Crippen LogP contribution is 2.36. The summed E-state index contributed by atoms with van der Waals surface area (Å²) in [5.41, 5.74) is 0.454. The Morgan fingerprint density at radius 2 is 1.55 bits per heavy atom. The summed E-state index contributed by atoms with van der Waals surface area (Å²) in [6, 6.07) is 6.25. The van der Waals surface area contributed by atoms with Gasteiger partial charge in [0.1, 0.15) is 11.9 Å². The Morgan fingerprint density at radius 1 is 0.947 bits per heavy atom. The molecule has 10 nitrogen and oxygen atoms in total. The van der Waals surface area contributed by atoms with Crippen LogP contribution in [0.1, 0.15) is 30.8 Å². The van der Waals surface area contributed by atoms with Crippen LogP contribution in [0.5, 0.6) is 0 Å². The van der Waals surface area contributed by atoms with Gasteiger partial charge < -0.3 is 26.4 Å². The molecule has 3 aromatic rings. The largest absolute Gasteiger partial charge is 0.480 e. The van der Waals surface area contributed by atoms with E-state index in [-0.39, 0.29) is 23.5 Å². The zero-order chi connectivity index (χ0) is 28.2. The number of hydrogen-bond donors (Lipinski definition) is 5. The first-order valence-electron chi connectivity index (χ1n) is 11.3. The number of aromatic nitrogens is 3. The molecule has 0 aliphatic carbocycles. The lowest BCUT2D eigenvalue weighted by Crippen LogP contribution is -2.35. The minimum absolute atomic E-state index is 0.0774. The van der Waals surface area contributed by atoms with Gasteiger partial charge in [-0.3, -0.25) is 0 Å². The molecule has 202 valence electrons. The summed E-state index contributed by atoms with van der Waals surface area (Å²) in [7, 11) is 0. The molecule has 1 atom stereocenters. The monoisotopic (exact) mass is 551 g/mol. The van der Waals surface area contributed by atoms with Crippen molar-refractivity contribution in [2.24, 2.45) is 5.92 Å². The molecule has 0 saturated heterocycles. The van der Waals surface area contributed by atoms with Crippen molar-refractivity contribution in [3.05, 3.63) is 58.4 Å². The van der Waals surface area contributed by atoms with Gasteiger partial charge in [-0.2, -0.15) is 28.1 Å². The van der Waals surface area contributed by atoms with Crippen molar-refractivity contribution in [3.8, 4) is 0 Å². The molecule has 0 saturated carbocycles. The number of benzene rings is 2. The molecular weight excluding hydrogens is 527 g/mol. The topological polar surface area (TPSA) is 141 Å². The number of nitrogens with zero attached hydrogens (tertiary/aromatic N) is 3. The lowest BCUT2D eigenvalue weighted by Gasteiger charge is -2.18. The maximum atomic E-state index is 13.1. The first-order chi connectivity index (χ1) is 17.7. The van der Waals surface area contributed by atoms with E-state index in [1.54, 1.807) is 45.9 Å². The second kappa shape index (κ2) is 11.5. The molecule has 1 aromatic heterocycles. The summed E-state index contributed by atoms with van der Waals surface area (Å²) < 4.78 is 39.3. The Bertz CT molecular complexity index is 1350. The van der Waals surface area contributed by atoms with Crippen LogP contribution >= 0.6 is 11.6 Å². The van der Waals surface area contributed by atoms with Crippen LogP contribution in [0.2, 0.25) is 5.02 Å². The van der Waals surface area contributed by atoms with E-state index < -0.39 is 34.8 Å². The molecule has 5 N–H and O–H groups in total. The van der Waals surface area contributed by atoms with Crippen LogP contribution in [0.25, 0.3) is 0 Å². The van der Waals surface area contributed by atoms with Crippen LogP contribution in [0.15, 0.2) is 36.4 Å². The van der Waals surface area contributed by atoms with Crippen molar-refractivity contribution in [2.75, 3.05) is 21.3 Å². The van der Waals surface area contributed by atoms with Crippen molar-refractivity contribution in [2.45, 2.75) is 39.9 Å². The van der Waals surface area contributed by atoms with Crippen LogP contribution in [0, 0.1) is 19.8 Å². The average Bonchev–Trinajstić information content (AvgIpc) is 2.79. The number of aliphatic carboxylic acids is 1. The Labute approximate surface area is 221 Å². The highest BCUT2D eigenvalue weighted by Gasteiger charge is 2.33. The van der Waals surface area contributed by atoms with Crippen LogP contribution < -0.4 is 21.3 Å². The molecule has 0 aliphatic rings. The quantitative estimate of drug-likeness (QED) is 0.227. The number of carboxylic acid groups (broad SMARTS) is 1. The van der Waals surface area contributed by atoms with Crippen molar-refractivity contribution >= 4 is 52.6 Å². The van der Waals surface area contributed by atoms with Gasteiger partial charge in [-0.1, -0.05) is 31.5 Å². The van der Waals surface area contributed by atoms with Gasteiger partial charge in [0.05, 0.1) is 10.6 Å². The minimum Gasteiger partial charge on any atom is -0.480 e. The zero-order valence-electron chi connectivity index (χ0n) is 20.7. The number of rotatable bonds is 8. The molecule has 1 heterocycles. The number of anilines is 5. The molecule has 0 aliphatic heterocycles. The molecule has 38 heavy (non-hydrogen) atoms. The number of urea groups is 1. The van der Waals surface area contributed by atoms with Crippen molar-refractivity contribution in [3.63, 3.8) is 0 Å². The van der Waals surface area contributed by atoms with Gasteiger partial charge in [0.2, 0.25) is 11.9 Å². The van der Waals surface area contributed by atoms with Crippen molar-refractivity contribution < 1.29 is 27.9 Å². The van der Waals surface area contributed by atoms with Gasteiger partial charge >= 0.3 is 18.2 Å². The number of hydrogen-bond acceptors (Lipinski definition) is 7.